The van der Waals surface area contributed by atoms with Gasteiger partial charge in [-0.25, -0.2) is 4.57 Å². The second kappa shape index (κ2) is 31.8. The third-order valence-electron chi connectivity index (χ3n) is 13.2. The predicted molar refractivity (Wildman–Crippen MR) is 245 cm³/mol. The largest absolute Gasteiger partial charge is 0.472 e. The number of esters is 1. The number of phosphoric ester groups is 1. The van der Waals surface area contributed by atoms with Gasteiger partial charge < -0.3 is 115 Å². The Kier molecular flexibility index (Phi) is 27.9. The normalized spacial score (nSPS) is 39.6. The first-order valence-electron chi connectivity index (χ1n) is 25.1. The Hall–Kier alpha value is -1.52. The maximum absolute atomic E-state index is 13.6. The summed E-state index contributed by atoms with van der Waals surface area (Å²) < 4.78 is 61.9. The molecule has 4 aliphatic rings. The number of rotatable bonds is 31. The van der Waals surface area contributed by atoms with Crippen LogP contribution in [0.1, 0.15) is 96.8 Å². The van der Waals surface area contributed by atoms with Crippen LogP contribution in [-0.4, -0.2) is 255 Å². The fraction of sp³-hybridized carbons (Fsp3) is 0.933. The highest BCUT2D eigenvalue weighted by Crippen LogP contribution is 2.48. The standard InChI is InChI=1S/C45H81O27P/c1-2-3-4-5-6-7-8-9-10-11-12-13-14-15-16-17-27(49)64-20-23(48)21-66-73(62,63)72-42-40(70-44-38(60)32(54)29(51)25(19-47)68-44)35(57)34(56)36(58)41(42)71-45-39(61)33(55)30(52)26(69-45)22-65-43-37(59)31(53)28(50)24(18-46)67-43/h9-10,23-26,28-48,50-61H,2-8,11-22H2,1H3,(H,62,63)/b10-9-/t23-,24?,25?,26?,28+,29-,30+,31?,32?,33?,34+,35?,36?,37+,38-,39+,40-,41?,42+,43-,44-,45+/m1/s1. The number of aliphatic hydroxyl groups excluding tert-OH is 15. The Balaban J connectivity index is 1.39. The number of phosphoric acid groups is 1. The summed E-state index contributed by atoms with van der Waals surface area (Å²) in [4.78, 5) is 23.4. The van der Waals surface area contributed by atoms with Crippen LogP contribution in [0, 0.1) is 0 Å². The molecule has 23 atom stereocenters. The summed E-state index contributed by atoms with van der Waals surface area (Å²) >= 11 is 0. The lowest BCUT2D eigenvalue weighted by Gasteiger charge is -2.49. The molecule has 0 amide bonds. The summed E-state index contributed by atoms with van der Waals surface area (Å²) in [7, 11) is -5.62. The molecule has 1 aliphatic carbocycles. The molecule has 1 saturated carbocycles. The molecule has 0 aromatic rings. The van der Waals surface area contributed by atoms with Crippen molar-refractivity contribution in [1.29, 1.82) is 0 Å². The lowest BCUT2D eigenvalue weighted by molar-refractivity contribution is -0.364. The topological polar surface area (TPSA) is 441 Å². The highest BCUT2D eigenvalue weighted by molar-refractivity contribution is 7.47. The number of carbonyl (C=O) groups is 1. The van der Waals surface area contributed by atoms with E-state index >= 15 is 0 Å². The number of hydrogen-bond acceptors (Lipinski definition) is 26. The molecule has 28 heteroatoms. The molecule has 4 rings (SSSR count). The summed E-state index contributed by atoms with van der Waals surface area (Å²) in [5.41, 5.74) is 0. The molecule has 0 aromatic carbocycles. The molecule has 4 fully saturated rings. The maximum atomic E-state index is 13.6. The number of aliphatic hydroxyl groups is 15. The Morgan fingerprint density at radius 1 is 0.534 bits per heavy atom. The zero-order chi connectivity index (χ0) is 54.0. The zero-order valence-electron chi connectivity index (χ0n) is 40.9. The van der Waals surface area contributed by atoms with Gasteiger partial charge in [0.15, 0.2) is 18.9 Å². The summed E-state index contributed by atoms with van der Waals surface area (Å²) in [6, 6.07) is 0. The summed E-state index contributed by atoms with van der Waals surface area (Å²) in [6.45, 7) is -2.21. The minimum Gasteiger partial charge on any atom is -0.463 e. The number of ether oxygens (including phenoxy) is 7. The van der Waals surface area contributed by atoms with Gasteiger partial charge in [-0.05, 0) is 32.1 Å². The lowest BCUT2D eigenvalue weighted by atomic mass is 9.84. The van der Waals surface area contributed by atoms with Crippen LogP contribution >= 0.6 is 7.82 Å². The fourth-order valence-electron chi connectivity index (χ4n) is 8.67. The summed E-state index contributed by atoms with van der Waals surface area (Å²) in [5, 5.41) is 158. The van der Waals surface area contributed by atoms with Gasteiger partial charge in [-0.2, -0.15) is 0 Å². The van der Waals surface area contributed by atoms with E-state index in [0.29, 0.717) is 6.42 Å². The molecule has 10 unspecified atom stereocenters. The van der Waals surface area contributed by atoms with Crippen molar-refractivity contribution >= 4 is 13.8 Å². The minimum atomic E-state index is -5.62. The van der Waals surface area contributed by atoms with Crippen molar-refractivity contribution in [3.8, 4) is 0 Å². The number of allylic oxidation sites excluding steroid dienone is 2. The number of carbonyl (C=O) groups excluding carboxylic acids is 1. The molecule has 0 bridgehead atoms. The van der Waals surface area contributed by atoms with E-state index in [0.717, 1.165) is 38.5 Å². The Morgan fingerprint density at radius 3 is 1.47 bits per heavy atom. The van der Waals surface area contributed by atoms with E-state index in [1.165, 1.54) is 38.5 Å². The van der Waals surface area contributed by atoms with Crippen molar-refractivity contribution < 1.29 is 133 Å². The quantitative estimate of drug-likeness (QED) is 0.0135. The van der Waals surface area contributed by atoms with Crippen molar-refractivity contribution in [2.24, 2.45) is 0 Å². The van der Waals surface area contributed by atoms with Gasteiger partial charge in [-0.1, -0.05) is 70.4 Å². The van der Waals surface area contributed by atoms with Crippen LogP contribution in [-0.2, 0) is 51.6 Å². The highest BCUT2D eigenvalue weighted by Gasteiger charge is 2.58. The fourth-order valence-corrected chi connectivity index (χ4v) is 9.64. The average Bonchev–Trinajstić information content (AvgIpc) is 3.37. The Labute approximate surface area is 423 Å². The molecule has 0 spiro atoms. The van der Waals surface area contributed by atoms with E-state index in [2.05, 4.69) is 19.1 Å². The second-order valence-corrected chi connectivity index (χ2v) is 20.3. The monoisotopic (exact) mass is 1080 g/mol. The maximum Gasteiger partial charge on any atom is 0.472 e. The van der Waals surface area contributed by atoms with Crippen molar-refractivity contribution in [1.82, 2.24) is 0 Å². The van der Waals surface area contributed by atoms with Crippen LogP contribution in [0.3, 0.4) is 0 Å². The lowest BCUT2D eigenvalue weighted by Crippen LogP contribution is -2.69. The molecule has 3 heterocycles. The van der Waals surface area contributed by atoms with Crippen molar-refractivity contribution in [3.63, 3.8) is 0 Å². The van der Waals surface area contributed by atoms with Crippen LogP contribution in [0.5, 0.6) is 0 Å². The van der Waals surface area contributed by atoms with Gasteiger partial charge in [0.25, 0.3) is 0 Å². The Bertz CT molecular complexity index is 1630. The van der Waals surface area contributed by atoms with Gasteiger partial charge in [0.05, 0.1) is 26.4 Å². The van der Waals surface area contributed by atoms with Gasteiger partial charge in [0.2, 0.25) is 0 Å². The third kappa shape index (κ3) is 18.8. The van der Waals surface area contributed by atoms with E-state index in [-0.39, 0.29) is 6.42 Å². The van der Waals surface area contributed by atoms with Crippen LogP contribution in [0.25, 0.3) is 0 Å². The number of hydrogen-bond donors (Lipinski definition) is 16. The van der Waals surface area contributed by atoms with E-state index in [1.54, 1.807) is 0 Å². The minimum absolute atomic E-state index is 0.0319. The Morgan fingerprint density at radius 2 is 0.959 bits per heavy atom. The molecule has 0 aromatic heterocycles. The van der Waals surface area contributed by atoms with Crippen molar-refractivity contribution in [2.75, 3.05) is 33.0 Å². The van der Waals surface area contributed by atoms with Crippen molar-refractivity contribution in [3.05, 3.63) is 12.2 Å². The first-order valence-corrected chi connectivity index (χ1v) is 26.6. The highest BCUT2D eigenvalue weighted by atomic mass is 31.2. The van der Waals surface area contributed by atoms with Gasteiger partial charge in [-0.15, -0.1) is 0 Å². The van der Waals surface area contributed by atoms with E-state index in [4.69, 9.17) is 42.2 Å². The molecule has 27 nitrogen and oxygen atoms in total. The van der Waals surface area contributed by atoms with Crippen LogP contribution in [0.15, 0.2) is 12.2 Å². The molecule has 73 heavy (non-hydrogen) atoms. The second-order valence-electron chi connectivity index (χ2n) is 18.9. The van der Waals surface area contributed by atoms with Gasteiger partial charge in [0, 0.05) is 6.42 Å². The van der Waals surface area contributed by atoms with Crippen molar-refractivity contribution in [2.45, 2.75) is 232 Å². The predicted octanol–water partition coefficient (Wildman–Crippen LogP) is -4.28. The average molecular weight is 1090 g/mol. The van der Waals surface area contributed by atoms with E-state index in [9.17, 15) is 90.9 Å². The summed E-state index contributed by atoms with van der Waals surface area (Å²) in [5.74, 6) is -0.663. The van der Waals surface area contributed by atoms with E-state index in [1.807, 2.05) is 0 Å². The van der Waals surface area contributed by atoms with Crippen LogP contribution in [0.4, 0.5) is 0 Å². The zero-order valence-corrected chi connectivity index (χ0v) is 41.8. The van der Waals surface area contributed by atoms with Gasteiger partial charge >= 0.3 is 13.8 Å². The first kappa shape index (κ1) is 64.0. The molecule has 0 radical (unpaired) electrons. The molecule has 3 saturated heterocycles. The molecule has 428 valence electrons. The molecule has 16 N–H and O–H groups in total. The SMILES string of the molecule is CCCCCCCC/C=C\CCCCCCCC(=O)OC[C@@H](O)COP(=O)(O)O[C@@H]1C(O[C@@H]2OC(CO[C@@H]3OC(CO)[C@H](O)C(O)[C@@H]3O)[C@H](O)C(O)[C@@H]2O)C(O)[C@@H](O)C(O)[C@H]1O[C@H]1OC(CO)[C@@H](O)C(O)[C@H]1O. The van der Waals surface area contributed by atoms with Gasteiger partial charge in [-0.3, -0.25) is 13.8 Å². The molecular formula is C45H81O27P. The molecular weight excluding hydrogens is 1000 g/mol. The smallest absolute Gasteiger partial charge is 0.463 e. The first-order chi connectivity index (χ1) is 34.7. The van der Waals surface area contributed by atoms with Crippen LogP contribution in [0.2, 0.25) is 0 Å². The summed E-state index contributed by atoms with van der Waals surface area (Å²) in [6.07, 6.45) is -27.0. The number of unbranched alkanes of at least 4 members (excludes halogenated alkanes) is 11. The third-order valence-corrected chi connectivity index (χ3v) is 14.1. The molecule has 3 aliphatic heterocycles. The van der Waals surface area contributed by atoms with Crippen LogP contribution < -0.4 is 0 Å². The van der Waals surface area contributed by atoms with E-state index < -0.39 is 182 Å². The van der Waals surface area contributed by atoms with Gasteiger partial charge in [0.1, 0.15) is 123 Å².